The number of alkyl halides is 3. The van der Waals surface area contributed by atoms with Crippen molar-refractivity contribution in [2.75, 3.05) is 6.61 Å². The zero-order valence-corrected chi connectivity index (χ0v) is 17.1. The van der Waals surface area contributed by atoms with E-state index in [0.717, 1.165) is 16.0 Å². The highest BCUT2D eigenvalue weighted by molar-refractivity contribution is 7.99. The summed E-state index contributed by atoms with van der Waals surface area (Å²) in [5, 5.41) is 0.450. The maximum Gasteiger partial charge on any atom is 0.406 e. The largest absolute Gasteiger partial charge is 0.449 e. The second kappa shape index (κ2) is 8.89. The van der Waals surface area contributed by atoms with Crippen LogP contribution < -0.4 is 5.73 Å². The lowest BCUT2D eigenvalue weighted by Crippen LogP contribution is -2.22. The average Bonchev–Trinajstić information content (AvgIpc) is 2.82. The van der Waals surface area contributed by atoms with E-state index in [1.807, 2.05) is 45.9 Å². The van der Waals surface area contributed by atoms with Gasteiger partial charge in [-0.3, -0.25) is 0 Å². The van der Waals surface area contributed by atoms with Gasteiger partial charge in [-0.15, -0.1) is 0 Å². The van der Waals surface area contributed by atoms with Gasteiger partial charge in [-0.05, 0) is 43.0 Å². The molecule has 0 spiro atoms. The number of benzene rings is 1. The number of halogens is 3. The Bertz CT molecular complexity index is 827. The number of ether oxygens (including phenoxy) is 1. The van der Waals surface area contributed by atoms with Crippen LogP contribution in [0.4, 0.5) is 18.0 Å². The predicted octanol–water partition coefficient (Wildman–Crippen LogP) is 4.97. The third kappa shape index (κ3) is 6.19. The molecular formula is C19H24F3N3O2S. The zero-order valence-electron chi connectivity index (χ0n) is 16.3. The van der Waals surface area contributed by atoms with Gasteiger partial charge in [0.25, 0.3) is 0 Å². The average molecular weight is 415 g/mol. The Kier molecular flexibility index (Phi) is 7.03. The van der Waals surface area contributed by atoms with Crippen LogP contribution in [-0.4, -0.2) is 28.4 Å². The van der Waals surface area contributed by atoms with Gasteiger partial charge < -0.3 is 15.0 Å². The highest BCUT2D eigenvalue weighted by atomic mass is 32.2. The van der Waals surface area contributed by atoms with Crippen molar-refractivity contribution in [1.29, 1.82) is 0 Å². The second-order valence-electron chi connectivity index (χ2n) is 6.92. The fourth-order valence-electron chi connectivity index (χ4n) is 2.87. The number of aromatic nitrogens is 2. The second-order valence-corrected chi connectivity index (χ2v) is 7.98. The molecule has 2 aromatic rings. The fourth-order valence-corrected chi connectivity index (χ4v) is 4.24. The van der Waals surface area contributed by atoms with Crippen LogP contribution in [0, 0.1) is 13.8 Å². The van der Waals surface area contributed by atoms with Crippen molar-refractivity contribution in [3.05, 3.63) is 40.8 Å². The van der Waals surface area contributed by atoms with Crippen molar-refractivity contribution in [3.63, 3.8) is 0 Å². The Morgan fingerprint density at radius 2 is 1.86 bits per heavy atom. The molecule has 1 heterocycles. The van der Waals surface area contributed by atoms with Crippen LogP contribution in [-0.2, 0) is 17.7 Å². The fraction of sp³-hybridized carbons (Fsp3) is 0.474. The van der Waals surface area contributed by atoms with Gasteiger partial charge in [0.05, 0.1) is 5.69 Å². The normalized spacial score (nSPS) is 11.9. The van der Waals surface area contributed by atoms with Gasteiger partial charge in [0, 0.05) is 11.3 Å². The summed E-state index contributed by atoms with van der Waals surface area (Å²) < 4.78 is 45.7. The standard InChI is InChI=1S/C19H24F3N3O2S/c1-11(2)16-17(28-14-8-12(3)7-13(4)9-14)25(10-19(20,21)22)15(24-16)5-6-27-18(23)26/h7-9,11H,5-6,10H2,1-4H3,(H2,23,26). The number of aryl methyl sites for hydroxylation is 2. The molecule has 0 fully saturated rings. The first kappa shape index (κ1) is 22.1. The molecule has 1 amide bonds. The Hall–Kier alpha value is -2.16. The summed E-state index contributed by atoms with van der Waals surface area (Å²) in [5.41, 5.74) is 7.59. The number of imidazole rings is 1. The number of hydrogen-bond donors (Lipinski definition) is 1. The van der Waals surface area contributed by atoms with E-state index in [2.05, 4.69) is 9.72 Å². The van der Waals surface area contributed by atoms with Crippen molar-refractivity contribution >= 4 is 17.9 Å². The highest BCUT2D eigenvalue weighted by Gasteiger charge is 2.32. The topological polar surface area (TPSA) is 70.1 Å². The molecule has 5 nitrogen and oxygen atoms in total. The molecule has 154 valence electrons. The van der Waals surface area contributed by atoms with Gasteiger partial charge in [0.2, 0.25) is 0 Å². The van der Waals surface area contributed by atoms with E-state index < -0.39 is 18.8 Å². The van der Waals surface area contributed by atoms with Crippen LogP contribution in [0.25, 0.3) is 0 Å². The summed E-state index contributed by atoms with van der Waals surface area (Å²) >= 11 is 1.27. The number of carbonyl (C=O) groups is 1. The molecule has 0 aliphatic rings. The van der Waals surface area contributed by atoms with Crippen molar-refractivity contribution < 1.29 is 22.7 Å². The van der Waals surface area contributed by atoms with Crippen LogP contribution in [0.3, 0.4) is 0 Å². The lowest BCUT2D eigenvalue weighted by Gasteiger charge is -2.15. The van der Waals surface area contributed by atoms with Crippen LogP contribution in [0.15, 0.2) is 28.1 Å². The summed E-state index contributed by atoms with van der Waals surface area (Å²) in [6.45, 7) is 6.37. The van der Waals surface area contributed by atoms with E-state index in [1.54, 1.807) is 0 Å². The van der Waals surface area contributed by atoms with E-state index in [-0.39, 0.29) is 24.8 Å². The van der Waals surface area contributed by atoms with Gasteiger partial charge >= 0.3 is 12.3 Å². The molecule has 1 aromatic heterocycles. The van der Waals surface area contributed by atoms with Crippen LogP contribution >= 0.6 is 11.8 Å². The SMILES string of the molecule is Cc1cc(C)cc(Sc2c(C(C)C)nc(CCOC(N)=O)n2CC(F)(F)F)c1. The first-order valence-corrected chi connectivity index (χ1v) is 9.62. The number of nitrogens with zero attached hydrogens (tertiary/aromatic N) is 2. The minimum absolute atomic E-state index is 0.0478. The highest BCUT2D eigenvalue weighted by Crippen LogP contribution is 2.37. The van der Waals surface area contributed by atoms with Crippen LogP contribution in [0.5, 0.6) is 0 Å². The summed E-state index contributed by atoms with van der Waals surface area (Å²) in [6.07, 6.45) is -5.33. The van der Waals surface area contributed by atoms with E-state index in [4.69, 9.17) is 5.73 Å². The Balaban J connectivity index is 2.49. The molecule has 2 N–H and O–H groups in total. The Morgan fingerprint density at radius 1 is 1.25 bits per heavy atom. The van der Waals surface area contributed by atoms with Crippen molar-refractivity contribution in [3.8, 4) is 0 Å². The molecule has 0 unspecified atom stereocenters. The van der Waals surface area contributed by atoms with Crippen molar-refractivity contribution in [2.45, 2.75) is 62.7 Å². The molecule has 0 aliphatic heterocycles. The monoisotopic (exact) mass is 415 g/mol. The third-order valence-electron chi connectivity index (χ3n) is 3.89. The molecule has 1 aromatic carbocycles. The molecule has 0 atom stereocenters. The minimum Gasteiger partial charge on any atom is -0.449 e. The molecule has 0 saturated carbocycles. The molecule has 0 bridgehead atoms. The molecule has 28 heavy (non-hydrogen) atoms. The summed E-state index contributed by atoms with van der Waals surface area (Å²) in [6, 6.07) is 5.87. The minimum atomic E-state index is -4.41. The third-order valence-corrected chi connectivity index (χ3v) is 4.98. The number of carbonyl (C=O) groups excluding carboxylic acids is 1. The first-order valence-electron chi connectivity index (χ1n) is 8.80. The van der Waals surface area contributed by atoms with E-state index in [9.17, 15) is 18.0 Å². The molecule has 0 radical (unpaired) electrons. The first-order chi connectivity index (χ1) is 13.0. The van der Waals surface area contributed by atoms with Crippen LogP contribution in [0.1, 0.15) is 42.4 Å². The predicted molar refractivity (Wildman–Crippen MR) is 102 cm³/mol. The molecule has 2 rings (SSSR count). The smallest absolute Gasteiger partial charge is 0.406 e. The van der Waals surface area contributed by atoms with Crippen LogP contribution in [0.2, 0.25) is 0 Å². The van der Waals surface area contributed by atoms with Crippen molar-refractivity contribution in [2.24, 2.45) is 5.73 Å². The number of hydrogen-bond acceptors (Lipinski definition) is 4. The maximum absolute atomic E-state index is 13.3. The van der Waals surface area contributed by atoms with E-state index in [0.29, 0.717) is 10.7 Å². The van der Waals surface area contributed by atoms with Gasteiger partial charge in [-0.2, -0.15) is 13.2 Å². The number of rotatable bonds is 7. The summed E-state index contributed by atoms with van der Waals surface area (Å²) in [4.78, 5) is 16.1. The lowest BCUT2D eigenvalue weighted by atomic mass is 10.1. The molecule has 0 saturated heterocycles. The Labute approximate surface area is 166 Å². The molecular weight excluding hydrogens is 391 g/mol. The van der Waals surface area contributed by atoms with Gasteiger partial charge in [0.15, 0.2) is 0 Å². The van der Waals surface area contributed by atoms with E-state index in [1.165, 1.54) is 16.3 Å². The van der Waals surface area contributed by atoms with Gasteiger partial charge in [0.1, 0.15) is 24.0 Å². The number of primary amides is 1. The Morgan fingerprint density at radius 3 is 2.36 bits per heavy atom. The quantitative estimate of drug-likeness (QED) is 0.693. The van der Waals surface area contributed by atoms with E-state index >= 15 is 0 Å². The lowest BCUT2D eigenvalue weighted by molar-refractivity contribution is -0.142. The van der Waals surface area contributed by atoms with Crippen molar-refractivity contribution in [1.82, 2.24) is 9.55 Å². The molecule has 9 heteroatoms. The summed E-state index contributed by atoms with van der Waals surface area (Å²) in [5.74, 6) is 0.146. The number of amides is 1. The van der Waals surface area contributed by atoms with Gasteiger partial charge in [-0.1, -0.05) is 31.7 Å². The molecule has 0 aliphatic carbocycles. The van der Waals surface area contributed by atoms with Gasteiger partial charge in [-0.25, -0.2) is 9.78 Å². The maximum atomic E-state index is 13.3. The zero-order chi connectivity index (χ0) is 21.1. The number of nitrogens with two attached hydrogens (primary N) is 1. The summed E-state index contributed by atoms with van der Waals surface area (Å²) in [7, 11) is 0.